The maximum absolute atomic E-state index is 6.69. The van der Waals surface area contributed by atoms with Gasteiger partial charge in [-0.05, 0) is 142 Å². The minimum absolute atomic E-state index is 0.116. The Morgan fingerprint density at radius 2 is 1.64 bits per heavy atom. The molecule has 4 aliphatic rings. The van der Waals surface area contributed by atoms with Crippen molar-refractivity contribution in [3.05, 3.63) is 29.8 Å². The number of allylic oxidation sites excluding steroid dienone is 2. The van der Waals surface area contributed by atoms with Gasteiger partial charge in [-0.3, -0.25) is 0 Å². The molecule has 9 unspecified atom stereocenters. The summed E-state index contributed by atoms with van der Waals surface area (Å²) in [7, 11) is 0. The van der Waals surface area contributed by atoms with E-state index in [2.05, 4.69) is 61.5 Å². The molecule has 0 heterocycles. The van der Waals surface area contributed by atoms with Gasteiger partial charge >= 0.3 is 0 Å². The van der Waals surface area contributed by atoms with Gasteiger partial charge in [0.2, 0.25) is 0 Å². The van der Waals surface area contributed by atoms with Crippen LogP contribution in [-0.4, -0.2) is 6.10 Å². The molecular formula is C36H58N2O. The van der Waals surface area contributed by atoms with Crippen molar-refractivity contribution in [1.29, 1.82) is 0 Å². The highest BCUT2D eigenvalue weighted by Gasteiger charge is 2.67. The molecule has 39 heavy (non-hydrogen) atoms. The number of hydrogen-bond acceptors (Lipinski definition) is 3. The number of rotatable bonds is 6. The van der Waals surface area contributed by atoms with Crippen LogP contribution in [0.5, 0.6) is 5.75 Å². The molecule has 0 bridgehead atoms. The summed E-state index contributed by atoms with van der Waals surface area (Å²) in [4.78, 5) is 0. The van der Waals surface area contributed by atoms with Crippen LogP contribution in [0.25, 0.3) is 0 Å². The zero-order chi connectivity index (χ0) is 28.4. The first-order valence-corrected chi connectivity index (χ1v) is 16.2. The maximum atomic E-state index is 6.69. The Bertz CT molecular complexity index is 1090. The summed E-state index contributed by atoms with van der Waals surface area (Å²) in [6.45, 7) is 20.2. The molecule has 1 aromatic carbocycles. The first-order chi connectivity index (χ1) is 18.2. The van der Waals surface area contributed by atoms with Gasteiger partial charge in [-0.1, -0.05) is 53.2 Å². The second kappa shape index (κ2) is 10.0. The van der Waals surface area contributed by atoms with E-state index in [4.69, 9.17) is 16.2 Å². The summed E-state index contributed by atoms with van der Waals surface area (Å²) in [5.41, 5.74) is 16.6. The van der Waals surface area contributed by atoms with E-state index in [0.717, 1.165) is 35.8 Å². The van der Waals surface area contributed by atoms with Gasteiger partial charge in [0, 0.05) is 11.1 Å². The van der Waals surface area contributed by atoms with E-state index in [0.29, 0.717) is 33.5 Å². The SMILES string of the molecule is CC(C)=CCCC(C)C1CCC2(C)C3CCC4C(C)(C)C(Oc5ccc(N)cc5N)CCC4(C)C3CCC12C. The predicted molar refractivity (Wildman–Crippen MR) is 167 cm³/mol. The van der Waals surface area contributed by atoms with Crippen LogP contribution in [0.3, 0.4) is 0 Å². The number of ether oxygens (including phenoxy) is 1. The third-order valence-electron chi connectivity index (χ3n) is 13.6. The highest BCUT2D eigenvalue weighted by molar-refractivity contribution is 5.60. The van der Waals surface area contributed by atoms with Crippen LogP contribution in [0.15, 0.2) is 29.8 Å². The lowest BCUT2D eigenvalue weighted by Crippen LogP contribution is -2.62. The maximum Gasteiger partial charge on any atom is 0.142 e. The lowest BCUT2D eigenvalue weighted by Gasteiger charge is -2.67. The van der Waals surface area contributed by atoms with Crippen LogP contribution in [0.1, 0.15) is 120 Å². The molecule has 9 atom stereocenters. The average molecular weight is 535 g/mol. The summed E-state index contributed by atoms with van der Waals surface area (Å²) < 4.78 is 6.69. The number of anilines is 2. The molecule has 1 aromatic rings. The fourth-order valence-corrected chi connectivity index (χ4v) is 11.3. The van der Waals surface area contributed by atoms with E-state index < -0.39 is 0 Å². The van der Waals surface area contributed by atoms with Crippen LogP contribution in [-0.2, 0) is 0 Å². The Hall–Kier alpha value is -1.64. The van der Waals surface area contributed by atoms with Gasteiger partial charge in [-0.15, -0.1) is 0 Å². The topological polar surface area (TPSA) is 61.3 Å². The van der Waals surface area contributed by atoms with Gasteiger partial charge in [0.05, 0.1) is 5.69 Å². The third kappa shape index (κ3) is 4.53. The molecule has 3 heteroatoms. The summed E-state index contributed by atoms with van der Waals surface area (Å²) in [6, 6.07) is 5.71. The fraction of sp³-hybridized carbons (Fsp3) is 0.778. The highest BCUT2D eigenvalue weighted by atomic mass is 16.5. The van der Waals surface area contributed by atoms with Crippen molar-refractivity contribution in [2.24, 2.45) is 51.2 Å². The Morgan fingerprint density at radius 3 is 2.33 bits per heavy atom. The molecule has 0 saturated heterocycles. The number of fused-ring (bicyclic) bond motifs is 5. The van der Waals surface area contributed by atoms with Crippen LogP contribution in [0.4, 0.5) is 11.4 Å². The summed E-state index contributed by atoms with van der Waals surface area (Å²) in [5.74, 6) is 4.91. The van der Waals surface area contributed by atoms with Gasteiger partial charge in [0.25, 0.3) is 0 Å². The Kier molecular flexibility index (Phi) is 7.42. The molecular weight excluding hydrogens is 476 g/mol. The van der Waals surface area contributed by atoms with Crippen molar-refractivity contribution in [2.75, 3.05) is 11.5 Å². The van der Waals surface area contributed by atoms with Crippen molar-refractivity contribution in [2.45, 2.75) is 126 Å². The Morgan fingerprint density at radius 1 is 0.923 bits per heavy atom. The lowest BCUT2D eigenvalue weighted by atomic mass is 9.38. The average Bonchev–Trinajstić information content (AvgIpc) is 3.13. The second-order valence-electron chi connectivity index (χ2n) is 16.0. The van der Waals surface area contributed by atoms with Gasteiger partial charge in [0.15, 0.2) is 0 Å². The van der Waals surface area contributed by atoms with E-state index in [1.165, 1.54) is 63.4 Å². The first-order valence-electron chi connectivity index (χ1n) is 16.2. The van der Waals surface area contributed by atoms with Crippen molar-refractivity contribution in [3.8, 4) is 5.75 Å². The van der Waals surface area contributed by atoms with E-state index >= 15 is 0 Å². The predicted octanol–water partition coefficient (Wildman–Crippen LogP) is 9.67. The van der Waals surface area contributed by atoms with Crippen LogP contribution in [0, 0.1) is 51.2 Å². The molecule has 218 valence electrons. The largest absolute Gasteiger partial charge is 0.488 e. The van der Waals surface area contributed by atoms with Gasteiger partial charge in [-0.2, -0.15) is 0 Å². The molecule has 4 saturated carbocycles. The molecule has 0 spiro atoms. The molecule has 0 amide bonds. The smallest absolute Gasteiger partial charge is 0.142 e. The summed E-state index contributed by atoms with van der Waals surface area (Å²) >= 11 is 0. The van der Waals surface area contributed by atoms with Gasteiger partial charge in [-0.25, -0.2) is 0 Å². The second-order valence-corrected chi connectivity index (χ2v) is 16.0. The monoisotopic (exact) mass is 534 g/mol. The minimum atomic E-state index is 0.116. The van der Waals surface area contributed by atoms with Crippen LogP contribution in [0.2, 0.25) is 0 Å². The number of nitrogens with two attached hydrogens (primary N) is 2. The molecule has 4 aliphatic carbocycles. The van der Waals surface area contributed by atoms with Crippen LogP contribution >= 0.6 is 0 Å². The van der Waals surface area contributed by atoms with Gasteiger partial charge in [0.1, 0.15) is 11.9 Å². The molecule has 0 aliphatic heterocycles. The summed E-state index contributed by atoms with van der Waals surface area (Å²) in [6.07, 6.45) is 16.1. The molecule has 0 radical (unpaired) electrons. The zero-order valence-corrected chi connectivity index (χ0v) is 26.4. The van der Waals surface area contributed by atoms with E-state index in [1.54, 1.807) is 0 Å². The fourth-order valence-electron chi connectivity index (χ4n) is 11.3. The molecule has 4 fully saturated rings. The molecule has 5 rings (SSSR count). The Labute approximate surface area is 239 Å². The third-order valence-corrected chi connectivity index (χ3v) is 13.6. The number of hydrogen-bond donors (Lipinski definition) is 2. The molecule has 4 N–H and O–H groups in total. The molecule has 3 nitrogen and oxygen atoms in total. The number of benzene rings is 1. The van der Waals surface area contributed by atoms with Crippen molar-refractivity contribution < 1.29 is 4.74 Å². The lowest BCUT2D eigenvalue weighted by molar-refractivity contribution is -0.197. The zero-order valence-electron chi connectivity index (χ0n) is 26.4. The standard InChI is InChI=1S/C36H58N2O/c1-23(2)10-9-11-24(3)26-16-20-36(8)28-13-15-31-33(4,5)32(39-30-14-12-25(37)22-29(30)38)18-19-34(31,6)27(28)17-21-35(26,36)7/h10,12,14,22,24,26-28,31-32H,9,11,13,15-21,37-38H2,1-8H3. The highest BCUT2D eigenvalue weighted by Crippen LogP contribution is 2.74. The molecule has 0 aromatic heterocycles. The number of nitrogen functional groups attached to an aromatic ring is 2. The minimum Gasteiger partial charge on any atom is -0.488 e. The summed E-state index contributed by atoms with van der Waals surface area (Å²) in [5, 5.41) is 0. The normalized spacial score (nSPS) is 41.6. The van der Waals surface area contributed by atoms with Crippen molar-refractivity contribution >= 4 is 11.4 Å². The van der Waals surface area contributed by atoms with Crippen molar-refractivity contribution in [1.82, 2.24) is 0 Å². The first kappa shape index (κ1) is 28.9. The Balaban J connectivity index is 1.35. The van der Waals surface area contributed by atoms with E-state index in [9.17, 15) is 0 Å². The van der Waals surface area contributed by atoms with Crippen molar-refractivity contribution in [3.63, 3.8) is 0 Å². The van der Waals surface area contributed by atoms with Gasteiger partial charge < -0.3 is 16.2 Å². The van der Waals surface area contributed by atoms with E-state index in [-0.39, 0.29) is 11.5 Å². The van der Waals surface area contributed by atoms with E-state index in [1.807, 2.05) is 18.2 Å². The van der Waals surface area contributed by atoms with Crippen LogP contribution < -0.4 is 16.2 Å². The quantitative estimate of drug-likeness (QED) is 0.282.